The maximum atomic E-state index is 13.0. The first-order valence-electron chi connectivity index (χ1n) is 8.29. The molecule has 2 aromatic carbocycles. The van der Waals surface area contributed by atoms with Crippen LogP contribution in [0, 0.1) is 0 Å². The molecular weight excluding hydrogens is 298 g/mol. The Morgan fingerprint density at radius 3 is 2.88 bits per heavy atom. The Labute approximate surface area is 139 Å². The van der Waals surface area contributed by atoms with E-state index in [9.17, 15) is 4.79 Å². The molecule has 0 aliphatic carbocycles. The summed E-state index contributed by atoms with van der Waals surface area (Å²) in [6.45, 7) is 0.815. The van der Waals surface area contributed by atoms with Crippen molar-refractivity contribution in [1.29, 1.82) is 0 Å². The fourth-order valence-electron chi connectivity index (χ4n) is 4.34. The number of amides is 1. The predicted molar refractivity (Wildman–Crippen MR) is 93.9 cm³/mol. The second-order valence-corrected chi connectivity index (χ2v) is 6.53. The molecule has 2 N–H and O–H groups in total. The van der Waals surface area contributed by atoms with Crippen LogP contribution in [0.5, 0.6) is 0 Å². The van der Waals surface area contributed by atoms with Gasteiger partial charge in [0.05, 0.1) is 17.0 Å². The average Bonchev–Trinajstić information content (AvgIpc) is 3.18. The Hall–Kier alpha value is -2.72. The molecule has 4 nitrogen and oxygen atoms in total. The molecule has 3 aromatic rings. The van der Waals surface area contributed by atoms with Crippen LogP contribution in [0.2, 0.25) is 0 Å². The maximum absolute atomic E-state index is 13.0. The van der Waals surface area contributed by atoms with E-state index in [0.717, 1.165) is 40.7 Å². The quantitative estimate of drug-likeness (QED) is 0.725. The number of anilines is 1. The van der Waals surface area contributed by atoms with Crippen molar-refractivity contribution in [3.8, 4) is 0 Å². The SMILES string of the molecule is O=C1Nc2ccccc2C12CCNC2c1cccc2cccnc12. The molecule has 2 unspecified atom stereocenters. The molecule has 0 bridgehead atoms. The van der Waals surface area contributed by atoms with Crippen LogP contribution in [0.15, 0.2) is 60.8 Å². The number of pyridine rings is 1. The molecule has 1 spiro atoms. The smallest absolute Gasteiger partial charge is 0.237 e. The van der Waals surface area contributed by atoms with E-state index in [1.807, 2.05) is 36.5 Å². The van der Waals surface area contributed by atoms with Gasteiger partial charge in [-0.05, 0) is 36.2 Å². The summed E-state index contributed by atoms with van der Waals surface area (Å²) < 4.78 is 0. The first kappa shape index (κ1) is 13.7. The van der Waals surface area contributed by atoms with Crippen LogP contribution in [0.1, 0.15) is 23.6 Å². The van der Waals surface area contributed by atoms with E-state index in [2.05, 4.69) is 39.9 Å². The lowest BCUT2D eigenvalue weighted by Gasteiger charge is -2.30. The second kappa shape index (κ2) is 4.89. The van der Waals surface area contributed by atoms with E-state index in [4.69, 9.17) is 0 Å². The summed E-state index contributed by atoms with van der Waals surface area (Å²) in [5, 5.41) is 7.75. The van der Waals surface area contributed by atoms with Gasteiger partial charge in [0.25, 0.3) is 0 Å². The Balaban J connectivity index is 1.75. The predicted octanol–water partition coefficient (Wildman–Crippen LogP) is 3.16. The highest BCUT2D eigenvalue weighted by Gasteiger charge is 2.55. The van der Waals surface area contributed by atoms with E-state index < -0.39 is 5.41 Å². The molecule has 0 radical (unpaired) electrons. The van der Waals surface area contributed by atoms with Gasteiger partial charge in [0, 0.05) is 17.3 Å². The van der Waals surface area contributed by atoms with E-state index in [0.29, 0.717) is 0 Å². The molecule has 2 atom stereocenters. The van der Waals surface area contributed by atoms with Crippen LogP contribution < -0.4 is 10.6 Å². The Kier molecular flexibility index (Phi) is 2.79. The van der Waals surface area contributed by atoms with Crippen molar-refractivity contribution in [1.82, 2.24) is 10.3 Å². The monoisotopic (exact) mass is 315 g/mol. The number of aromatic nitrogens is 1. The van der Waals surface area contributed by atoms with E-state index in [-0.39, 0.29) is 11.9 Å². The van der Waals surface area contributed by atoms with Crippen LogP contribution in [-0.2, 0) is 10.2 Å². The fraction of sp³-hybridized carbons (Fsp3) is 0.200. The normalized spacial score (nSPS) is 25.2. The van der Waals surface area contributed by atoms with Crippen molar-refractivity contribution in [3.05, 3.63) is 71.9 Å². The molecule has 1 saturated heterocycles. The van der Waals surface area contributed by atoms with Gasteiger partial charge in [-0.1, -0.05) is 42.5 Å². The molecule has 1 amide bonds. The van der Waals surface area contributed by atoms with Crippen LogP contribution in [-0.4, -0.2) is 17.4 Å². The highest BCUT2D eigenvalue weighted by molar-refractivity contribution is 6.07. The number of fused-ring (bicyclic) bond motifs is 3. The molecule has 1 aromatic heterocycles. The van der Waals surface area contributed by atoms with Gasteiger partial charge >= 0.3 is 0 Å². The van der Waals surface area contributed by atoms with Gasteiger partial charge in [-0.2, -0.15) is 0 Å². The van der Waals surface area contributed by atoms with Gasteiger partial charge in [0.1, 0.15) is 0 Å². The van der Waals surface area contributed by atoms with E-state index in [1.54, 1.807) is 0 Å². The highest BCUT2D eigenvalue weighted by Crippen LogP contribution is 2.51. The lowest BCUT2D eigenvalue weighted by molar-refractivity contribution is -0.121. The zero-order valence-electron chi connectivity index (χ0n) is 13.1. The van der Waals surface area contributed by atoms with Crippen molar-refractivity contribution in [2.24, 2.45) is 0 Å². The Bertz CT molecular complexity index is 963. The number of nitrogens with zero attached hydrogens (tertiary/aromatic N) is 1. The van der Waals surface area contributed by atoms with Crippen LogP contribution >= 0.6 is 0 Å². The van der Waals surface area contributed by atoms with Gasteiger partial charge in [0.15, 0.2) is 0 Å². The maximum Gasteiger partial charge on any atom is 0.237 e. The van der Waals surface area contributed by atoms with Crippen LogP contribution in [0.3, 0.4) is 0 Å². The standard InChI is InChI=1S/C20H17N3O/c24-19-20(15-8-1-2-9-16(15)23-19)10-12-22-18(20)14-7-3-5-13-6-4-11-21-17(13)14/h1-9,11,18,22H,10,12H2,(H,23,24). The average molecular weight is 315 g/mol. The lowest BCUT2D eigenvalue weighted by Crippen LogP contribution is -2.39. The topological polar surface area (TPSA) is 54.0 Å². The number of hydrogen-bond acceptors (Lipinski definition) is 3. The van der Waals surface area contributed by atoms with E-state index in [1.165, 1.54) is 0 Å². The Morgan fingerprint density at radius 2 is 1.92 bits per heavy atom. The zero-order chi connectivity index (χ0) is 16.1. The summed E-state index contributed by atoms with van der Waals surface area (Å²) >= 11 is 0. The minimum Gasteiger partial charge on any atom is -0.325 e. The number of benzene rings is 2. The summed E-state index contributed by atoms with van der Waals surface area (Å²) in [6.07, 6.45) is 2.61. The summed E-state index contributed by atoms with van der Waals surface area (Å²) in [4.78, 5) is 17.6. The van der Waals surface area contributed by atoms with Gasteiger partial charge in [-0.15, -0.1) is 0 Å². The van der Waals surface area contributed by atoms with Crippen molar-refractivity contribution in [3.63, 3.8) is 0 Å². The number of para-hydroxylation sites is 2. The molecule has 2 aliphatic rings. The summed E-state index contributed by atoms with van der Waals surface area (Å²) in [7, 11) is 0. The minimum absolute atomic E-state index is 0.0697. The molecule has 24 heavy (non-hydrogen) atoms. The Morgan fingerprint density at radius 1 is 1.04 bits per heavy atom. The third-order valence-electron chi connectivity index (χ3n) is 5.40. The van der Waals surface area contributed by atoms with E-state index >= 15 is 0 Å². The zero-order valence-corrected chi connectivity index (χ0v) is 13.1. The second-order valence-electron chi connectivity index (χ2n) is 6.53. The molecule has 1 fully saturated rings. The minimum atomic E-state index is -0.553. The number of carbonyl (C=O) groups is 1. The van der Waals surface area contributed by atoms with Crippen molar-refractivity contribution in [2.45, 2.75) is 17.9 Å². The van der Waals surface area contributed by atoms with Gasteiger partial charge in [-0.25, -0.2) is 0 Å². The molecule has 0 saturated carbocycles. The molecule has 5 rings (SSSR count). The number of carbonyl (C=O) groups excluding carboxylic acids is 1. The molecule has 3 heterocycles. The number of nitrogens with one attached hydrogen (secondary N) is 2. The number of hydrogen-bond donors (Lipinski definition) is 2. The molecule has 118 valence electrons. The number of rotatable bonds is 1. The van der Waals surface area contributed by atoms with Crippen molar-refractivity contribution < 1.29 is 4.79 Å². The van der Waals surface area contributed by atoms with Crippen molar-refractivity contribution in [2.75, 3.05) is 11.9 Å². The third kappa shape index (κ3) is 1.66. The van der Waals surface area contributed by atoms with Gasteiger partial charge in [0.2, 0.25) is 5.91 Å². The lowest BCUT2D eigenvalue weighted by atomic mass is 9.72. The van der Waals surface area contributed by atoms with Crippen LogP contribution in [0.4, 0.5) is 5.69 Å². The summed E-state index contributed by atoms with van der Waals surface area (Å²) in [5.74, 6) is 0.0895. The first-order chi connectivity index (χ1) is 11.8. The molecule has 4 heteroatoms. The molecular formula is C20H17N3O. The van der Waals surface area contributed by atoms with Crippen molar-refractivity contribution >= 4 is 22.5 Å². The highest BCUT2D eigenvalue weighted by atomic mass is 16.2. The first-order valence-corrected chi connectivity index (χ1v) is 8.29. The molecule has 2 aliphatic heterocycles. The van der Waals surface area contributed by atoms with Gasteiger partial charge < -0.3 is 10.6 Å². The third-order valence-corrected chi connectivity index (χ3v) is 5.40. The van der Waals surface area contributed by atoms with Crippen LogP contribution in [0.25, 0.3) is 10.9 Å². The summed E-state index contributed by atoms with van der Waals surface area (Å²) in [6, 6.07) is 18.2. The van der Waals surface area contributed by atoms with Gasteiger partial charge in [-0.3, -0.25) is 9.78 Å². The fourth-order valence-corrected chi connectivity index (χ4v) is 4.34. The summed E-state index contributed by atoms with van der Waals surface area (Å²) in [5.41, 5.74) is 3.54. The largest absolute Gasteiger partial charge is 0.325 e.